The SMILES string of the molecule is CC1(C)CSC(=NCc2ccccc2)N1C(=O)Cc1cccc2ccccc12. The average molecular weight is 389 g/mol. The third-order valence-electron chi connectivity index (χ3n) is 5.06. The molecule has 1 fully saturated rings. The van der Waals surface area contributed by atoms with Gasteiger partial charge in [0.05, 0.1) is 18.5 Å². The predicted molar refractivity (Wildman–Crippen MR) is 119 cm³/mol. The molecule has 4 rings (SSSR count). The largest absolute Gasteiger partial charge is 0.285 e. The second-order valence-corrected chi connectivity index (χ2v) is 8.67. The summed E-state index contributed by atoms with van der Waals surface area (Å²) in [6.07, 6.45) is 0.385. The molecule has 3 aromatic rings. The maximum atomic E-state index is 13.3. The van der Waals surface area contributed by atoms with Gasteiger partial charge in [-0.15, -0.1) is 0 Å². The molecule has 0 N–H and O–H groups in total. The molecule has 1 saturated heterocycles. The van der Waals surface area contributed by atoms with E-state index in [4.69, 9.17) is 4.99 Å². The summed E-state index contributed by atoms with van der Waals surface area (Å²) in [4.78, 5) is 20.0. The molecule has 1 aliphatic rings. The third kappa shape index (κ3) is 3.83. The highest BCUT2D eigenvalue weighted by Gasteiger charge is 2.41. The molecule has 0 spiro atoms. The van der Waals surface area contributed by atoms with E-state index >= 15 is 0 Å². The Balaban J connectivity index is 1.59. The van der Waals surface area contributed by atoms with Crippen molar-refractivity contribution in [1.82, 2.24) is 4.90 Å². The molecule has 28 heavy (non-hydrogen) atoms. The van der Waals surface area contributed by atoms with Gasteiger partial charge < -0.3 is 0 Å². The van der Waals surface area contributed by atoms with E-state index in [1.165, 1.54) is 5.39 Å². The minimum absolute atomic E-state index is 0.109. The first kappa shape index (κ1) is 18.8. The van der Waals surface area contributed by atoms with Crippen LogP contribution in [0.4, 0.5) is 0 Å². The summed E-state index contributed by atoms with van der Waals surface area (Å²) in [5.41, 5.74) is 1.99. The summed E-state index contributed by atoms with van der Waals surface area (Å²) >= 11 is 1.67. The van der Waals surface area contributed by atoms with Crippen LogP contribution >= 0.6 is 11.8 Å². The lowest BCUT2D eigenvalue weighted by molar-refractivity contribution is -0.129. The molecule has 3 aromatic carbocycles. The molecule has 1 heterocycles. The van der Waals surface area contributed by atoms with E-state index in [1.807, 2.05) is 41.3 Å². The second-order valence-electron chi connectivity index (χ2n) is 7.73. The van der Waals surface area contributed by atoms with E-state index in [1.54, 1.807) is 11.8 Å². The molecule has 0 aliphatic carbocycles. The van der Waals surface area contributed by atoms with Crippen LogP contribution in [0.3, 0.4) is 0 Å². The molecule has 0 atom stereocenters. The number of carbonyl (C=O) groups is 1. The number of rotatable bonds is 4. The standard InChI is InChI=1S/C24H24N2OS/c1-24(2)17-28-23(25-16-18-9-4-3-5-10-18)26(24)22(27)15-20-13-8-12-19-11-6-7-14-21(19)20/h3-14H,15-17H2,1-2H3. The highest BCUT2D eigenvalue weighted by Crippen LogP contribution is 2.34. The third-order valence-corrected chi connectivity index (χ3v) is 6.48. The van der Waals surface area contributed by atoms with Crippen molar-refractivity contribution in [2.24, 2.45) is 4.99 Å². The second kappa shape index (κ2) is 7.80. The quantitative estimate of drug-likeness (QED) is 0.608. The molecule has 142 valence electrons. The fraction of sp³-hybridized carbons (Fsp3) is 0.250. The zero-order valence-corrected chi connectivity index (χ0v) is 17.1. The van der Waals surface area contributed by atoms with Crippen LogP contribution in [0.15, 0.2) is 77.8 Å². The highest BCUT2D eigenvalue weighted by atomic mass is 32.2. The summed E-state index contributed by atoms with van der Waals surface area (Å²) in [5, 5.41) is 3.14. The molecule has 0 aromatic heterocycles. The number of amides is 1. The number of fused-ring (bicyclic) bond motifs is 1. The lowest BCUT2D eigenvalue weighted by Crippen LogP contribution is -2.47. The summed E-state index contributed by atoms with van der Waals surface area (Å²) in [6.45, 7) is 4.83. The minimum Gasteiger partial charge on any atom is -0.285 e. The van der Waals surface area contributed by atoms with Crippen molar-refractivity contribution in [2.45, 2.75) is 32.4 Å². The summed E-state index contributed by atoms with van der Waals surface area (Å²) in [6, 6.07) is 24.6. The number of thioether (sulfide) groups is 1. The van der Waals surface area contributed by atoms with Crippen molar-refractivity contribution in [1.29, 1.82) is 0 Å². The maximum Gasteiger partial charge on any atom is 0.233 e. The number of hydrogen-bond donors (Lipinski definition) is 0. The smallest absolute Gasteiger partial charge is 0.233 e. The van der Waals surface area contributed by atoms with Crippen LogP contribution in [0.5, 0.6) is 0 Å². The Kier molecular flexibility index (Phi) is 5.23. The first-order valence-electron chi connectivity index (χ1n) is 9.55. The first-order valence-corrected chi connectivity index (χ1v) is 10.5. The van der Waals surface area contributed by atoms with E-state index < -0.39 is 0 Å². The Bertz CT molecular complexity index is 1020. The van der Waals surface area contributed by atoms with Gasteiger partial charge in [0.25, 0.3) is 0 Å². The number of hydrogen-bond acceptors (Lipinski definition) is 3. The molecular weight excluding hydrogens is 364 g/mol. The van der Waals surface area contributed by atoms with Crippen molar-refractivity contribution >= 4 is 33.6 Å². The molecule has 3 nitrogen and oxygen atoms in total. The van der Waals surface area contributed by atoms with Gasteiger partial charge in [-0.1, -0.05) is 84.6 Å². The van der Waals surface area contributed by atoms with Crippen LogP contribution < -0.4 is 0 Å². The lowest BCUT2D eigenvalue weighted by atomic mass is 10.00. The predicted octanol–water partition coefficient (Wildman–Crippen LogP) is 5.29. The Hall–Kier alpha value is -2.59. The monoisotopic (exact) mass is 388 g/mol. The van der Waals surface area contributed by atoms with Crippen LogP contribution in [-0.4, -0.2) is 27.3 Å². The fourth-order valence-corrected chi connectivity index (χ4v) is 4.87. The van der Waals surface area contributed by atoms with Gasteiger partial charge in [0.1, 0.15) is 0 Å². The molecule has 1 aliphatic heterocycles. The maximum absolute atomic E-state index is 13.3. The average Bonchev–Trinajstić information content (AvgIpc) is 3.02. The Labute approximate surface area is 170 Å². The van der Waals surface area contributed by atoms with Crippen molar-refractivity contribution in [3.8, 4) is 0 Å². The van der Waals surface area contributed by atoms with Crippen molar-refractivity contribution < 1.29 is 4.79 Å². The van der Waals surface area contributed by atoms with Crippen molar-refractivity contribution in [2.75, 3.05) is 5.75 Å². The fourth-order valence-electron chi connectivity index (χ4n) is 3.62. The number of amidine groups is 1. The van der Waals surface area contributed by atoms with E-state index in [0.717, 1.165) is 27.4 Å². The lowest BCUT2D eigenvalue weighted by Gasteiger charge is -2.30. The normalized spacial score (nSPS) is 17.4. The zero-order valence-electron chi connectivity index (χ0n) is 16.3. The molecule has 0 saturated carbocycles. The van der Waals surface area contributed by atoms with Gasteiger partial charge in [0.2, 0.25) is 5.91 Å². The molecule has 1 amide bonds. The van der Waals surface area contributed by atoms with Gasteiger partial charge in [0.15, 0.2) is 5.17 Å². The van der Waals surface area contributed by atoms with Gasteiger partial charge in [-0.3, -0.25) is 14.7 Å². The van der Waals surface area contributed by atoms with Crippen LogP contribution in [0, 0.1) is 0 Å². The van der Waals surface area contributed by atoms with E-state index in [2.05, 4.69) is 50.2 Å². The number of carbonyl (C=O) groups excluding carboxylic acids is 1. The van der Waals surface area contributed by atoms with E-state index in [-0.39, 0.29) is 11.4 Å². The number of benzene rings is 3. The van der Waals surface area contributed by atoms with Gasteiger partial charge in [0, 0.05) is 5.75 Å². The molecule has 4 heteroatoms. The van der Waals surface area contributed by atoms with Gasteiger partial charge >= 0.3 is 0 Å². The summed E-state index contributed by atoms with van der Waals surface area (Å²) < 4.78 is 0. The summed E-state index contributed by atoms with van der Waals surface area (Å²) in [5.74, 6) is 0.972. The van der Waals surface area contributed by atoms with Crippen molar-refractivity contribution in [3.63, 3.8) is 0 Å². The highest BCUT2D eigenvalue weighted by molar-refractivity contribution is 8.14. The minimum atomic E-state index is -0.234. The Morgan fingerprint density at radius 2 is 1.71 bits per heavy atom. The Morgan fingerprint density at radius 1 is 1.00 bits per heavy atom. The molecule has 0 bridgehead atoms. The molecule has 0 unspecified atom stereocenters. The summed E-state index contributed by atoms with van der Waals surface area (Å²) in [7, 11) is 0. The van der Waals surface area contributed by atoms with Crippen LogP contribution in [0.1, 0.15) is 25.0 Å². The van der Waals surface area contributed by atoms with Gasteiger partial charge in [-0.25, -0.2) is 0 Å². The zero-order chi connectivity index (χ0) is 19.6. The van der Waals surface area contributed by atoms with Crippen LogP contribution in [-0.2, 0) is 17.8 Å². The number of aliphatic imine (C=N–C) groups is 1. The first-order chi connectivity index (χ1) is 13.5. The van der Waals surface area contributed by atoms with Gasteiger partial charge in [-0.05, 0) is 35.7 Å². The van der Waals surface area contributed by atoms with Gasteiger partial charge in [-0.2, -0.15) is 0 Å². The van der Waals surface area contributed by atoms with E-state index in [0.29, 0.717) is 13.0 Å². The molecular formula is C24H24N2OS. The van der Waals surface area contributed by atoms with Crippen molar-refractivity contribution in [3.05, 3.63) is 83.9 Å². The Morgan fingerprint density at radius 3 is 2.54 bits per heavy atom. The topological polar surface area (TPSA) is 32.7 Å². The van der Waals surface area contributed by atoms with E-state index in [9.17, 15) is 4.79 Å². The van der Waals surface area contributed by atoms with Crippen LogP contribution in [0.2, 0.25) is 0 Å². The number of nitrogens with zero attached hydrogens (tertiary/aromatic N) is 2. The van der Waals surface area contributed by atoms with Crippen LogP contribution in [0.25, 0.3) is 10.8 Å². The molecule has 0 radical (unpaired) electrons.